The zero-order chi connectivity index (χ0) is 16.8. The molecule has 0 bridgehead atoms. The molecular weight excluding hydrogens is 316 g/mol. The Morgan fingerprint density at radius 2 is 1.88 bits per heavy atom. The van der Waals surface area contributed by atoms with E-state index in [0.717, 1.165) is 17.1 Å². The first-order valence-corrected chi connectivity index (χ1v) is 9.40. The fraction of sp³-hybridized carbons (Fsp3) is 0.350. The monoisotopic (exact) mass is 340 g/mol. The Morgan fingerprint density at radius 3 is 2.67 bits per heavy atom. The number of anilines is 1. The van der Waals surface area contributed by atoms with Crippen molar-refractivity contribution in [3.63, 3.8) is 0 Å². The van der Waals surface area contributed by atoms with Gasteiger partial charge in [0.25, 0.3) is 0 Å². The molecule has 1 aliphatic heterocycles. The summed E-state index contributed by atoms with van der Waals surface area (Å²) in [5.74, 6) is 0.0739. The largest absolute Gasteiger partial charge is 0.324 e. The number of carbonyl (C=O) groups is 1. The number of nitrogens with one attached hydrogen (secondary N) is 1. The summed E-state index contributed by atoms with van der Waals surface area (Å²) in [6, 6.07) is 18.7. The molecule has 1 N–H and O–H groups in total. The van der Waals surface area contributed by atoms with Gasteiger partial charge in [-0.3, -0.25) is 9.69 Å². The molecule has 0 saturated carbocycles. The summed E-state index contributed by atoms with van der Waals surface area (Å²) in [4.78, 5) is 17.0. The van der Waals surface area contributed by atoms with Crippen LogP contribution in [0.1, 0.15) is 26.2 Å². The van der Waals surface area contributed by atoms with Gasteiger partial charge in [0.1, 0.15) is 0 Å². The Hall–Kier alpha value is -1.78. The minimum absolute atomic E-state index is 0.0739. The quantitative estimate of drug-likeness (QED) is 0.860. The fourth-order valence-electron chi connectivity index (χ4n) is 3.04. The summed E-state index contributed by atoms with van der Waals surface area (Å²) in [5, 5.41) is 3.10. The van der Waals surface area contributed by atoms with Gasteiger partial charge in [0, 0.05) is 15.8 Å². The number of rotatable bonds is 5. The molecule has 1 amide bonds. The average Bonchev–Trinajstić information content (AvgIpc) is 2.60. The first-order valence-electron chi connectivity index (χ1n) is 8.58. The highest BCUT2D eigenvalue weighted by molar-refractivity contribution is 7.99. The van der Waals surface area contributed by atoms with Crippen molar-refractivity contribution in [3.05, 3.63) is 54.6 Å². The molecule has 2 aromatic rings. The van der Waals surface area contributed by atoms with Gasteiger partial charge >= 0.3 is 0 Å². The predicted molar refractivity (Wildman–Crippen MR) is 101 cm³/mol. The molecule has 1 heterocycles. The molecular formula is C20H24N2OS. The molecule has 126 valence electrons. The lowest BCUT2D eigenvalue weighted by molar-refractivity contribution is -0.118. The molecule has 3 nitrogen and oxygen atoms in total. The van der Waals surface area contributed by atoms with Crippen LogP contribution in [0.25, 0.3) is 0 Å². The Morgan fingerprint density at radius 1 is 1.12 bits per heavy atom. The lowest BCUT2D eigenvalue weighted by Crippen LogP contribution is -2.42. The summed E-state index contributed by atoms with van der Waals surface area (Å²) in [7, 11) is 0. The van der Waals surface area contributed by atoms with Crippen molar-refractivity contribution in [1.29, 1.82) is 0 Å². The van der Waals surface area contributed by atoms with E-state index in [9.17, 15) is 4.79 Å². The van der Waals surface area contributed by atoms with E-state index in [-0.39, 0.29) is 5.91 Å². The number of likely N-dealkylation sites (tertiary alicyclic amines) is 1. The van der Waals surface area contributed by atoms with Crippen LogP contribution < -0.4 is 5.32 Å². The van der Waals surface area contributed by atoms with E-state index >= 15 is 0 Å². The number of nitrogens with zero attached hydrogens (tertiary/aromatic N) is 1. The summed E-state index contributed by atoms with van der Waals surface area (Å²) >= 11 is 1.67. The second-order valence-corrected chi connectivity index (χ2v) is 7.39. The third kappa shape index (κ3) is 4.62. The van der Waals surface area contributed by atoms with Crippen LogP contribution in [-0.4, -0.2) is 29.9 Å². The number of piperidine rings is 1. The third-order valence-corrected chi connectivity index (χ3v) is 5.50. The summed E-state index contributed by atoms with van der Waals surface area (Å²) in [5.41, 5.74) is 0.890. The van der Waals surface area contributed by atoms with Crippen molar-refractivity contribution in [2.75, 3.05) is 18.4 Å². The lowest BCUT2D eigenvalue weighted by Gasteiger charge is -2.32. The first-order chi connectivity index (χ1) is 11.7. The van der Waals surface area contributed by atoms with Gasteiger partial charge in [-0.25, -0.2) is 0 Å². The van der Waals surface area contributed by atoms with Crippen molar-refractivity contribution in [2.45, 2.75) is 42.0 Å². The number of para-hydroxylation sites is 1. The number of carbonyl (C=O) groups excluding carboxylic acids is 1. The number of hydrogen-bond acceptors (Lipinski definition) is 3. The van der Waals surface area contributed by atoms with Crippen LogP contribution in [0, 0.1) is 0 Å². The van der Waals surface area contributed by atoms with Gasteiger partial charge in [-0.05, 0) is 50.6 Å². The summed E-state index contributed by atoms with van der Waals surface area (Å²) in [6.07, 6.45) is 3.65. The van der Waals surface area contributed by atoms with Crippen LogP contribution in [-0.2, 0) is 4.79 Å². The second-order valence-electron chi connectivity index (χ2n) is 6.27. The lowest BCUT2D eigenvalue weighted by atomic mass is 10.0. The van der Waals surface area contributed by atoms with Gasteiger partial charge in [0.05, 0.1) is 12.2 Å². The minimum Gasteiger partial charge on any atom is -0.324 e. The van der Waals surface area contributed by atoms with Crippen molar-refractivity contribution in [1.82, 2.24) is 4.90 Å². The Kier molecular flexibility index (Phi) is 5.94. The number of benzene rings is 2. The van der Waals surface area contributed by atoms with Crippen molar-refractivity contribution in [2.24, 2.45) is 0 Å². The molecule has 0 aliphatic carbocycles. The van der Waals surface area contributed by atoms with E-state index in [2.05, 4.69) is 35.3 Å². The minimum atomic E-state index is 0.0739. The van der Waals surface area contributed by atoms with Gasteiger partial charge in [0.15, 0.2) is 0 Å². The SMILES string of the molecule is C[C@H]1CCCCN1CC(=O)Nc1ccccc1Sc1ccccc1. The summed E-state index contributed by atoms with van der Waals surface area (Å²) < 4.78 is 0. The van der Waals surface area contributed by atoms with Crippen LogP contribution in [0.3, 0.4) is 0 Å². The van der Waals surface area contributed by atoms with Gasteiger partial charge in [-0.15, -0.1) is 0 Å². The highest BCUT2D eigenvalue weighted by Crippen LogP contribution is 2.33. The second kappa shape index (κ2) is 8.36. The molecule has 24 heavy (non-hydrogen) atoms. The molecule has 0 radical (unpaired) electrons. The van der Waals surface area contributed by atoms with Crippen molar-refractivity contribution < 1.29 is 4.79 Å². The van der Waals surface area contributed by atoms with Crippen LogP contribution in [0.5, 0.6) is 0 Å². The maximum Gasteiger partial charge on any atom is 0.238 e. The molecule has 0 aromatic heterocycles. The van der Waals surface area contributed by atoms with Gasteiger partial charge in [-0.2, -0.15) is 0 Å². The van der Waals surface area contributed by atoms with E-state index in [1.807, 2.05) is 36.4 Å². The molecule has 1 saturated heterocycles. The van der Waals surface area contributed by atoms with E-state index in [1.165, 1.54) is 24.2 Å². The molecule has 4 heteroatoms. The average molecular weight is 340 g/mol. The van der Waals surface area contributed by atoms with E-state index in [0.29, 0.717) is 12.6 Å². The van der Waals surface area contributed by atoms with Gasteiger partial charge in [0.2, 0.25) is 5.91 Å². The molecule has 1 atom stereocenters. The first kappa shape index (κ1) is 17.1. The van der Waals surface area contributed by atoms with E-state index < -0.39 is 0 Å². The normalized spacial score (nSPS) is 18.3. The Balaban J connectivity index is 1.65. The maximum atomic E-state index is 12.5. The third-order valence-electron chi connectivity index (χ3n) is 4.42. The van der Waals surface area contributed by atoms with Crippen LogP contribution in [0.4, 0.5) is 5.69 Å². The zero-order valence-electron chi connectivity index (χ0n) is 14.1. The standard InChI is InChI=1S/C20H24N2OS/c1-16-9-7-8-14-22(16)15-20(23)21-18-12-5-6-13-19(18)24-17-10-3-2-4-11-17/h2-6,10-13,16H,7-9,14-15H2,1H3,(H,21,23)/t16-/m0/s1. The molecule has 1 fully saturated rings. The molecule has 1 aliphatic rings. The van der Waals surface area contributed by atoms with Crippen LogP contribution in [0.15, 0.2) is 64.4 Å². The van der Waals surface area contributed by atoms with Crippen LogP contribution in [0.2, 0.25) is 0 Å². The van der Waals surface area contributed by atoms with Crippen molar-refractivity contribution in [3.8, 4) is 0 Å². The highest BCUT2D eigenvalue weighted by Gasteiger charge is 2.20. The van der Waals surface area contributed by atoms with Gasteiger partial charge < -0.3 is 5.32 Å². The predicted octanol–water partition coefficient (Wildman–Crippen LogP) is 4.65. The molecule has 2 aromatic carbocycles. The smallest absolute Gasteiger partial charge is 0.238 e. The van der Waals surface area contributed by atoms with Crippen molar-refractivity contribution >= 4 is 23.4 Å². The highest BCUT2D eigenvalue weighted by atomic mass is 32.2. The number of hydrogen-bond donors (Lipinski definition) is 1. The number of amides is 1. The fourth-order valence-corrected chi connectivity index (χ4v) is 3.96. The molecule has 0 unspecified atom stereocenters. The van der Waals surface area contributed by atoms with E-state index in [1.54, 1.807) is 11.8 Å². The Labute approximate surface area is 148 Å². The molecule has 3 rings (SSSR count). The molecule has 0 spiro atoms. The van der Waals surface area contributed by atoms with E-state index in [4.69, 9.17) is 0 Å². The van der Waals surface area contributed by atoms with Crippen LogP contribution >= 0.6 is 11.8 Å². The maximum absolute atomic E-state index is 12.5. The zero-order valence-corrected chi connectivity index (χ0v) is 14.9. The van der Waals surface area contributed by atoms with Gasteiger partial charge in [-0.1, -0.05) is 48.5 Å². The summed E-state index contributed by atoms with van der Waals surface area (Å²) in [6.45, 7) is 3.71. The topological polar surface area (TPSA) is 32.3 Å². The Bertz CT molecular complexity index is 674.